The third-order valence-corrected chi connectivity index (χ3v) is 4.14. The highest BCUT2D eigenvalue weighted by Gasteiger charge is 2.09. The van der Waals surface area contributed by atoms with Crippen molar-refractivity contribution in [1.82, 2.24) is 9.55 Å². The maximum atomic E-state index is 6.08. The lowest BCUT2D eigenvalue weighted by molar-refractivity contribution is 1.05. The van der Waals surface area contributed by atoms with E-state index in [0.29, 0.717) is 9.79 Å². The molecule has 96 valence electrons. The zero-order valence-corrected chi connectivity index (χ0v) is 13.2. The summed E-state index contributed by atoms with van der Waals surface area (Å²) in [7, 11) is 0. The minimum Gasteiger partial charge on any atom is -0.330 e. The van der Waals surface area contributed by atoms with Crippen LogP contribution in [0.25, 0.3) is 16.7 Å². The van der Waals surface area contributed by atoms with E-state index in [0.717, 1.165) is 21.2 Å². The van der Waals surface area contributed by atoms with E-state index in [1.54, 1.807) is 0 Å². The van der Waals surface area contributed by atoms with Gasteiger partial charge in [0.05, 0.1) is 16.7 Å². The van der Waals surface area contributed by atoms with E-state index in [9.17, 15) is 0 Å². The second-order valence-electron chi connectivity index (χ2n) is 4.38. The normalized spacial score (nSPS) is 11.1. The number of hydrogen-bond acceptors (Lipinski definition) is 1. The Bertz CT molecular complexity index is 835. The molecule has 2 nitrogen and oxygen atoms in total. The van der Waals surface area contributed by atoms with E-state index in [2.05, 4.69) is 40.0 Å². The Labute approximate surface area is 129 Å². The van der Waals surface area contributed by atoms with Gasteiger partial charge in [0.2, 0.25) is 0 Å². The summed E-state index contributed by atoms with van der Waals surface area (Å²) in [6.07, 6.45) is 0. The third kappa shape index (κ3) is 2.24. The lowest BCUT2D eigenvalue weighted by atomic mass is 10.2. The van der Waals surface area contributed by atoms with E-state index in [1.165, 1.54) is 5.56 Å². The number of aryl methyl sites for hydroxylation is 1. The summed E-state index contributed by atoms with van der Waals surface area (Å²) in [5, 5.41) is 0.693. The molecule has 3 aromatic rings. The van der Waals surface area contributed by atoms with Gasteiger partial charge in [-0.05, 0) is 71.0 Å². The van der Waals surface area contributed by atoms with Crippen molar-refractivity contribution in [2.45, 2.75) is 6.92 Å². The summed E-state index contributed by atoms with van der Waals surface area (Å²) in [5.74, 6) is 0. The van der Waals surface area contributed by atoms with Gasteiger partial charge in [-0.2, -0.15) is 0 Å². The molecule has 1 N–H and O–H groups in total. The maximum absolute atomic E-state index is 6.08. The minimum atomic E-state index is 0.654. The van der Waals surface area contributed by atoms with E-state index in [4.69, 9.17) is 23.8 Å². The number of nitrogens with one attached hydrogen (secondary N) is 1. The molecule has 5 heteroatoms. The maximum Gasteiger partial charge on any atom is 0.182 e. The number of H-pyrrole nitrogens is 1. The van der Waals surface area contributed by atoms with Crippen molar-refractivity contribution >= 4 is 50.8 Å². The molecule has 0 atom stereocenters. The molecule has 0 aliphatic rings. The van der Waals surface area contributed by atoms with Crippen LogP contribution in [0.4, 0.5) is 0 Å². The molecule has 19 heavy (non-hydrogen) atoms. The summed E-state index contributed by atoms with van der Waals surface area (Å²) < 4.78 is 3.64. The van der Waals surface area contributed by atoms with Gasteiger partial charge in [-0.25, -0.2) is 0 Å². The standard InChI is InChI=1S/C14H10BrClN2S/c1-8-2-5-12(10(15)6-8)18-13-7-9(16)3-4-11(13)17-14(18)19/h2-7H,1H3,(H,17,19). The number of hydrogen-bond donors (Lipinski definition) is 1. The van der Waals surface area contributed by atoms with Crippen molar-refractivity contribution in [1.29, 1.82) is 0 Å². The van der Waals surface area contributed by atoms with Gasteiger partial charge in [0.25, 0.3) is 0 Å². The number of imidazole rings is 1. The number of halogens is 2. The lowest BCUT2D eigenvalue weighted by Gasteiger charge is -2.08. The highest BCUT2D eigenvalue weighted by molar-refractivity contribution is 9.10. The Morgan fingerprint density at radius 3 is 2.74 bits per heavy atom. The van der Waals surface area contributed by atoms with E-state index in [-0.39, 0.29) is 0 Å². The zero-order valence-electron chi connectivity index (χ0n) is 10.1. The van der Waals surface area contributed by atoms with Crippen LogP contribution in [-0.4, -0.2) is 9.55 Å². The molecule has 0 bridgehead atoms. The van der Waals surface area contributed by atoms with Gasteiger partial charge in [-0.15, -0.1) is 0 Å². The van der Waals surface area contributed by atoms with Crippen LogP contribution >= 0.6 is 39.7 Å². The van der Waals surface area contributed by atoms with Gasteiger partial charge in [-0.1, -0.05) is 17.7 Å². The van der Waals surface area contributed by atoms with Crippen LogP contribution in [0.15, 0.2) is 40.9 Å². The largest absolute Gasteiger partial charge is 0.330 e. The Hall–Kier alpha value is -1.10. The molecule has 3 rings (SSSR count). The number of aromatic amines is 1. The van der Waals surface area contributed by atoms with Crippen molar-refractivity contribution in [2.75, 3.05) is 0 Å². The molecule has 0 radical (unpaired) electrons. The number of aromatic nitrogens is 2. The Kier molecular flexibility index (Phi) is 3.25. The molecule has 0 amide bonds. The van der Waals surface area contributed by atoms with Crippen LogP contribution in [0.2, 0.25) is 5.02 Å². The van der Waals surface area contributed by atoms with Crippen molar-refractivity contribution in [2.24, 2.45) is 0 Å². The molecule has 0 fully saturated rings. The van der Waals surface area contributed by atoms with Crippen LogP contribution < -0.4 is 0 Å². The van der Waals surface area contributed by atoms with Crippen LogP contribution in [0.1, 0.15) is 5.56 Å². The fraction of sp³-hybridized carbons (Fsp3) is 0.0714. The highest BCUT2D eigenvalue weighted by atomic mass is 79.9. The molecule has 0 saturated carbocycles. The summed E-state index contributed by atoms with van der Waals surface area (Å²) in [6.45, 7) is 2.06. The van der Waals surface area contributed by atoms with Gasteiger partial charge >= 0.3 is 0 Å². The summed E-state index contributed by atoms with van der Waals surface area (Å²) in [6, 6.07) is 11.9. The topological polar surface area (TPSA) is 20.7 Å². The Morgan fingerprint density at radius 1 is 1.21 bits per heavy atom. The summed E-state index contributed by atoms with van der Waals surface area (Å²) in [5.41, 5.74) is 4.15. The SMILES string of the molecule is Cc1ccc(-n2c(=S)[nH]c3ccc(Cl)cc32)c(Br)c1. The summed E-state index contributed by atoms with van der Waals surface area (Å²) >= 11 is 15.1. The second-order valence-corrected chi connectivity index (χ2v) is 6.06. The molecule has 0 aliphatic heterocycles. The number of benzene rings is 2. The molecule has 0 saturated heterocycles. The number of nitrogens with zero attached hydrogens (tertiary/aromatic N) is 1. The van der Waals surface area contributed by atoms with Crippen molar-refractivity contribution in [3.8, 4) is 5.69 Å². The monoisotopic (exact) mass is 352 g/mol. The van der Waals surface area contributed by atoms with Gasteiger partial charge in [-0.3, -0.25) is 4.57 Å². The highest BCUT2D eigenvalue weighted by Crippen LogP contribution is 2.28. The minimum absolute atomic E-state index is 0.654. The molecule has 2 aromatic carbocycles. The summed E-state index contributed by atoms with van der Waals surface area (Å²) in [4.78, 5) is 3.19. The lowest BCUT2D eigenvalue weighted by Crippen LogP contribution is -1.95. The molecule has 0 unspecified atom stereocenters. The predicted molar refractivity (Wildman–Crippen MR) is 85.9 cm³/mol. The number of rotatable bonds is 1. The van der Waals surface area contributed by atoms with Crippen molar-refractivity contribution in [3.05, 3.63) is 56.2 Å². The first-order chi connectivity index (χ1) is 9.06. The second kappa shape index (κ2) is 4.78. The quantitative estimate of drug-likeness (QED) is 0.580. The van der Waals surface area contributed by atoms with Crippen molar-refractivity contribution in [3.63, 3.8) is 0 Å². The van der Waals surface area contributed by atoms with Crippen LogP contribution in [0.5, 0.6) is 0 Å². The van der Waals surface area contributed by atoms with Crippen LogP contribution in [0, 0.1) is 11.7 Å². The molecular weight excluding hydrogens is 344 g/mol. The van der Waals surface area contributed by atoms with Crippen molar-refractivity contribution < 1.29 is 0 Å². The zero-order chi connectivity index (χ0) is 13.6. The van der Waals surface area contributed by atoms with Gasteiger partial charge < -0.3 is 4.98 Å². The Balaban J connectivity index is 2.38. The molecule has 1 heterocycles. The number of fused-ring (bicyclic) bond motifs is 1. The van der Waals surface area contributed by atoms with E-state index in [1.807, 2.05) is 28.8 Å². The van der Waals surface area contributed by atoms with Gasteiger partial charge in [0, 0.05) is 9.50 Å². The smallest absolute Gasteiger partial charge is 0.182 e. The molecular formula is C14H10BrClN2S. The first kappa shape index (κ1) is 12.9. The van der Waals surface area contributed by atoms with E-state index >= 15 is 0 Å². The third-order valence-electron chi connectivity index (χ3n) is 2.99. The van der Waals surface area contributed by atoms with Gasteiger partial charge in [0.1, 0.15) is 0 Å². The van der Waals surface area contributed by atoms with E-state index < -0.39 is 0 Å². The first-order valence-corrected chi connectivity index (χ1v) is 7.31. The average molecular weight is 354 g/mol. The molecule has 1 aromatic heterocycles. The predicted octanol–water partition coefficient (Wildman–Crippen LogP) is 5.41. The fourth-order valence-electron chi connectivity index (χ4n) is 2.11. The molecule has 0 aliphatic carbocycles. The first-order valence-electron chi connectivity index (χ1n) is 5.73. The molecule has 0 spiro atoms. The van der Waals surface area contributed by atoms with Gasteiger partial charge in [0.15, 0.2) is 4.77 Å². The van der Waals surface area contributed by atoms with Crippen LogP contribution in [0.3, 0.4) is 0 Å². The average Bonchev–Trinajstić information content (AvgIpc) is 2.65. The van der Waals surface area contributed by atoms with Crippen LogP contribution in [-0.2, 0) is 0 Å². The Morgan fingerprint density at radius 2 is 2.00 bits per heavy atom. The fourth-order valence-corrected chi connectivity index (χ4v) is 3.25.